The zero-order valence-electron chi connectivity index (χ0n) is 10.8. The van der Waals surface area contributed by atoms with Gasteiger partial charge in [-0.3, -0.25) is 4.79 Å². The minimum Gasteiger partial charge on any atom is -0.477 e. The highest BCUT2D eigenvalue weighted by Gasteiger charge is 2.34. The normalized spacial score (nSPS) is 11.5. The van der Waals surface area contributed by atoms with Crippen LogP contribution >= 0.6 is 0 Å². The molecule has 0 aliphatic rings. The number of carboxylic acid groups (broad SMARTS) is 1. The first-order valence-electron chi connectivity index (χ1n) is 5.69. The summed E-state index contributed by atoms with van der Waals surface area (Å²) in [5, 5.41) is 8.66. The molecule has 8 heteroatoms. The fraction of sp³-hybridized carbons (Fsp3) is 0.417. The molecule has 20 heavy (non-hydrogen) atoms. The van der Waals surface area contributed by atoms with Crippen LogP contribution in [0.2, 0.25) is 0 Å². The number of rotatable bonds is 4. The van der Waals surface area contributed by atoms with Crippen molar-refractivity contribution in [1.82, 2.24) is 9.88 Å². The second-order valence-electron chi connectivity index (χ2n) is 4.38. The molecule has 0 atom stereocenters. The summed E-state index contributed by atoms with van der Waals surface area (Å²) in [5.41, 5.74) is -0.374. The molecule has 0 aromatic carbocycles. The van der Waals surface area contributed by atoms with Gasteiger partial charge >= 0.3 is 12.1 Å². The number of halogens is 3. The predicted molar refractivity (Wildman–Crippen MR) is 63.4 cm³/mol. The summed E-state index contributed by atoms with van der Waals surface area (Å²) < 4.78 is 37.3. The third kappa shape index (κ3) is 4.22. The van der Waals surface area contributed by atoms with Crippen LogP contribution in [-0.2, 0) is 0 Å². The largest absolute Gasteiger partial charge is 0.477 e. The van der Waals surface area contributed by atoms with E-state index >= 15 is 0 Å². The zero-order valence-corrected chi connectivity index (χ0v) is 10.8. The Balaban J connectivity index is 2.98. The Morgan fingerprint density at radius 1 is 1.35 bits per heavy atom. The van der Waals surface area contributed by atoms with Crippen LogP contribution in [0.15, 0.2) is 18.3 Å². The van der Waals surface area contributed by atoms with E-state index in [0.29, 0.717) is 4.90 Å². The molecule has 0 radical (unpaired) electrons. The van der Waals surface area contributed by atoms with Crippen LogP contribution in [-0.4, -0.2) is 45.6 Å². The summed E-state index contributed by atoms with van der Waals surface area (Å²) in [5.74, 6) is -2.12. The van der Waals surface area contributed by atoms with Crippen LogP contribution in [0.3, 0.4) is 0 Å². The van der Waals surface area contributed by atoms with Gasteiger partial charge in [0.15, 0.2) is 0 Å². The van der Waals surface area contributed by atoms with Gasteiger partial charge in [0.25, 0.3) is 5.91 Å². The SMILES string of the molecule is CC(C)N(CC(F)(F)F)C(=O)c1ccc(C(=O)O)nc1. The summed E-state index contributed by atoms with van der Waals surface area (Å²) in [6.45, 7) is 1.55. The molecule has 0 fully saturated rings. The lowest BCUT2D eigenvalue weighted by atomic mass is 10.2. The molecule has 110 valence electrons. The van der Waals surface area contributed by atoms with Gasteiger partial charge < -0.3 is 10.0 Å². The Bertz CT molecular complexity index is 498. The number of amides is 1. The van der Waals surface area contributed by atoms with Gasteiger partial charge in [0.2, 0.25) is 0 Å². The minimum absolute atomic E-state index is 0.0899. The van der Waals surface area contributed by atoms with E-state index in [9.17, 15) is 22.8 Å². The first-order chi connectivity index (χ1) is 9.11. The van der Waals surface area contributed by atoms with E-state index in [0.717, 1.165) is 18.3 Å². The number of carbonyl (C=O) groups excluding carboxylic acids is 1. The Kier molecular flexibility index (Phi) is 4.69. The summed E-state index contributed by atoms with van der Waals surface area (Å²) in [7, 11) is 0. The molecule has 0 bridgehead atoms. The van der Waals surface area contributed by atoms with E-state index in [1.807, 2.05) is 0 Å². The summed E-state index contributed by atoms with van der Waals surface area (Å²) in [6.07, 6.45) is -3.55. The number of nitrogens with zero attached hydrogens (tertiary/aromatic N) is 2. The molecule has 1 heterocycles. The topological polar surface area (TPSA) is 70.5 Å². The standard InChI is InChI=1S/C12H13F3N2O3/c1-7(2)17(6-12(13,14)15)10(18)8-3-4-9(11(19)20)16-5-8/h3-5,7H,6H2,1-2H3,(H,19,20). The van der Waals surface area contributed by atoms with Crippen molar-refractivity contribution in [2.75, 3.05) is 6.54 Å². The van der Waals surface area contributed by atoms with Crippen LogP contribution < -0.4 is 0 Å². The molecule has 0 aliphatic carbocycles. The first kappa shape index (κ1) is 15.9. The van der Waals surface area contributed by atoms with Crippen molar-refractivity contribution >= 4 is 11.9 Å². The van der Waals surface area contributed by atoms with Crippen LogP contribution in [0.4, 0.5) is 13.2 Å². The van der Waals surface area contributed by atoms with Crippen molar-refractivity contribution in [3.63, 3.8) is 0 Å². The highest BCUT2D eigenvalue weighted by Crippen LogP contribution is 2.19. The van der Waals surface area contributed by atoms with Gasteiger partial charge in [-0.05, 0) is 26.0 Å². The van der Waals surface area contributed by atoms with Gasteiger partial charge in [0.1, 0.15) is 12.2 Å². The fourth-order valence-corrected chi connectivity index (χ4v) is 1.49. The van der Waals surface area contributed by atoms with Crippen molar-refractivity contribution in [3.05, 3.63) is 29.6 Å². The number of aromatic carboxylic acids is 1. The lowest BCUT2D eigenvalue weighted by Gasteiger charge is -2.27. The van der Waals surface area contributed by atoms with E-state index in [1.165, 1.54) is 13.8 Å². The Hall–Kier alpha value is -2.12. The molecule has 1 amide bonds. The second-order valence-corrected chi connectivity index (χ2v) is 4.38. The maximum atomic E-state index is 12.4. The van der Waals surface area contributed by atoms with Gasteiger partial charge in [0.05, 0.1) is 5.56 Å². The number of carbonyl (C=O) groups is 2. The van der Waals surface area contributed by atoms with Crippen molar-refractivity contribution < 1.29 is 27.9 Å². The van der Waals surface area contributed by atoms with E-state index in [4.69, 9.17) is 5.11 Å². The molecule has 0 saturated carbocycles. The van der Waals surface area contributed by atoms with Crippen molar-refractivity contribution in [2.24, 2.45) is 0 Å². The Morgan fingerprint density at radius 3 is 2.30 bits per heavy atom. The third-order valence-corrected chi connectivity index (χ3v) is 2.46. The van der Waals surface area contributed by atoms with E-state index in [1.54, 1.807) is 0 Å². The molecule has 0 aliphatic heterocycles. The van der Waals surface area contributed by atoms with Gasteiger partial charge in [-0.25, -0.2) is 9.78 Å². The van der Waals surface area contributed by atoms with E-state index in [-0.39, 0.29) is 11.3 Å². The average Bonchev–Trinajstić information content (AvgIpc) is 2.34. The molecule has 0 unspecified atom stereocenters. The predicted octanol–water partition coefficient (Wildman–Crippen LogP) is 2.19. The number of hydrogen-bond acceptors (Lipinski definition) is 3. The number of carboxylic acids is 1. The highest BCUT2D eigenvalue weighted by atomic mass is 19.4. The van der Waals surface area contributed by atoms with Crippen LogP contribution in [0.25, 0.3) is 0 Å². The zero-order chi connectivity index (χ0) is 15.5. The van der Waals surface area contributed by atoms with Crippen molar-refractivity contribution in [3.8, 4) is 0 Å². The number of alkyl halides is 3. The number of aromatic nitrogens is 1. The van der Waals surface area contributed by atoms with Gasteiger partial charge in [-0.15, -0.1) is 0 Å². The molecular formula is C12H13F3N2O3. The highest BCUT2D eigenvalue weighted by molar-refractivity contribution is 5.95. The number of pyridine rings is 1. The molecule has 1 N–H and O–H groups in total. The first-order valence-corrected chi connectivity index (χ1v) is 5.69. The van der Waals surface area contributed by atoms with Gasteiger partial charge in [-0.2, -0.15) is 13.2 Å². The maximum absolute atomic E-state index is 12.4. The third-order valence-electron chi connectivity index (χ3n) is 2.46. The van der Waals surface area contributed by atoms with Gasteiger partial charge in [-0.1, -0.05) is 0 Å². The lowest BCUT2D eigenvalue weighted by molar-refractivity contribution is -0.143. The second kappa shape index (κ2) is 5.89. The monoisotopic (exact) mass is 290 g/mol. The summed E-state index contributed by atoms with van der Waals surface area (Å²) in [4.78, 5) is 26.7. The number of hydrogen-bond donors (Lipinski definition) is 1. The van der Waals surface area contributed by atoms with E-state index < -0.39 is 30.6 Å². The summed E-state index contributed by atoms with van der Waals surface area (Å²) in [6, 6.07) is 1.56. The van der Waals surface area contributed by atoms with Crippen molar-refractivity contribution in [2.45, 2.75) is 26.1 Å². The molecule has 0 saturated heterocycles. The average molecular weight is 290 g/mol. The molecular weight excluding hydrogens is 277 g/mol. The van der Waals surface area contributed by atoms with E-state index in [2.05, 4.69) is 4.98 Å². The fourth-order valence-electron chi connectivity index (χ4n) is 1.49. The minimum atomic E-state index is -4.51. The van der Waals surface area contributed by atoms with Crippen LogP contribution in [0.1, 0.15) is 34.7 Å². The maximum Gasteiger partial charge on any atom is 0.406 e. The Morgan fingerprint density at radius 2 is 1.95 bits per heavy atom. The van der Waals surface area contributed by atoms with Crippen LogP contribution in [0, 0.1) is 0 Å². The van der Waals surface area contributed by atoms with Gasteiger partial charge in [0, 0.05) is 12.2 Å². The van der Waals surface area contributed by atoms with Crippen LogP contribution in [0.5, 0.6) is 0 Å². The molecule has 1 aromatic rings. The molecule has 1 rings (SSSR count). The Labute approximate surface area is 113 Å². The quantitative estimate of drug-likeness (QED) is 0.922. The van der Waals surface area contributed by atoms with Crippen molar-refractivity contribution in [1.29, 1.82) is 0 Å². The molecule has 0 spiro atoms. The molecule has 1 aromatic heterocycles. The smallest absolute Gasteiger partial charge is 0.406 e. The lowest BCUT2D eigenvalue weighted by Crippen LogP contribution is -2.43. The summed E-state index contributed by atoms with van der Waals surface area (Å²) >= 11 is 0. The molecule has 5 nitrogen and oxygen atoms in total.